The van der Waals surface area contributed by atoms with E-state index in [2.05, 4.69) is 6.92 Å². The van der Waals surface area contributed by atoms with Crippen molar-refractivity contribution in [2.75, 3.05) is 7.11 Å². The van der Waals surface area contributed by atoms with Gasteiger partial charge >= 0.3 is 11.9 Å². The Morgan fingerprint density at radius 1 is 0.879 bits per heavy atom. The highest BCUT2D eigenvalue weighted by atomic mass is 16.6. The standard InChI is InChI=1S/C23H26N2O8/c1-4-5-6-7-8-15(2)33-23(27)19-12-10-17(25(30)31)14-21(19)20-13-16(24(28)29)9-11-18(20)22(26)32-3/h9-15H,4-8H2,1-3H3/t15-/m0/s1. The van der Waals surface area contributed by atoms with Crippen LogP contribution in [-0.2, 0) is 9.47 Å². The largest absolute Gasteiger partial charge is 0.465 e. The van der Waals surface area contributed by atoms with Crippen LogP contribution in [0.4, 0.5) is 11.4 Å². The van der Waals surface area contributed by atoms with E-state index in [1.807, 2.05) is 0 Å². The maximum atomic E-state index is 12.9. The van der Waals surface area contributed by atoms with Gasteiger partial charge < -0.3 is 9.47 Å². The van der Waals surface area contributed by atoms with Crippen molar-refractivity contribution in [2.45, 2.75) is 52.1 Å². The lowest BCUT2D eigenvalue weighted by atomic mass is 9.94. The Morgan fingerprint density at radius 3 is 1.85 bits per heavy atom. The third-order valence-corrected chi connectivity index (χ3v) is 5.12. The van der Waals surface area contributed by atoms with Crippen molar-refractivity contribution in [3.8, 4) is 11.1 Å². The van der Waals surface area contributed by atoms with E-state index in [0.29, 0.717) is 6.42 Å². The predicted molar refractivity (Wildman–Crippen MR) is 120 cm³/mol. The van der Waals surface area contributed by atoms with Gasteiger partial charge in [-0.1, -0.05) is 26.2 Å². The molecule has 0 spiro atoms. The zero-order chi connectivity index (χ0) is 24.5. The third-order valence-electron chi connectivity index (χ3n) is 5.12. The molecule has 0 unspecified atom stereocenters. The first kappa shape index (κ1) is 25.4. The van der Waals surface area contributed by atoms with Gasteiger partial charge in [0.2, 0.25) is 0 Å². The molecule has 176 valence electrons. The number of nitrogens with zero attached hydrogens (tertiary/aromatic N) is 2. The predicted octanol–water partition coefficient (Wildman–Crippen LogP) is 5.47. The van der Waals surface area contributed by atoms with Crippen molar-refractivity contribution < 1.29 is 28.9 Å². The Bertz CT molecular complexity index is 1050. The van der Waals surface area contributed by atoms with E-state index < -0.39 is 27.9 Å². The lowest BCUT2D eigenvalue weighted by Gasteiger charge is -2.16. The Balaban J connectivity index is 2.54. The van der Waals surface area contributed by atoms with Crippen LogP contribution in [0.1, 0.15) is 66.7 Å². The van der Waals surface area contributed by atoms with Crippen LogP contribution in [0.2, 0.25) is 0 Å². The minimum atomic E-state index is -0.810. The molecule has 0 heterocycles. The number of hydrogen-bond acceptors (Lipinski definition) is 8. The molecule has 2 rings (SSSR count). The number of non-ortho nitro benzene ring substituents is 2. The number of benzene rings is 2. The number of esters is 2. The highest BCUT2D eigenvalue weighted by molar-refractivity contribution is 6.04. The minimum Gasteiger partial charge on any atom is -0.465 e. The molecule has 10 nitrogen and oxygen atoms in total. The van der Waals surface area contributed by atoms with Crippen LogP contribution in [0.25, 0.3) is 11.1 Å². The molecule has 2 aromatic carbocycles. The summed E-state index contributed by atoms with van der Waals surface area (Å²) in [5.41, 5.74) is -0.903. The molecule has 33 heavy (non-hydrogen) atoms. The van der Waals surface area contributed by atoms with E-state index in [9.17, 15) is 29.8 Å². The number of nitro benzene ring substituents is 2. The van der Waals surface area contributed by atoms with E-state index >= 15 is 0 Å². The fourth-order valence-corrected chi connectivity index (χ4v) is 3.37. The van der Waals surface area contributed by atoms with Gasteiger partial charge in [0.25, 0.3) is 11.4 Å². The van der Waals surface area contributed by atoms with Crippen molar-refractivity contribution in [3.63, 3.8) is 0 Å². The molecule has 0 bridgehead atoms. The maximum Gasteiger partial charge on any atom is 0.339 e. The first-order valence-corrected chi connectivity index (χ1v) is 10.6. The lowest BCUT2D eigenvalue weighted by Crippen LogP contribution is -2.16. The SMILES string of the molecule is CCCCCC[C@H](C)OC(=O)c1ccc([N+](=O)[O-])cc1-c1cc([N+](=O)[O-])ccc1C(=O)OC. The zero-order valence-corrected chi connectivity index (χ0v) is 18.7. The van der Waals surface area contributed by atoms with E-state index in [1.165, 1.54) is 12.1 Å². The number of nitro groups is 2. The molecule has 0 N–H and O–H groups in total. The summed E-state index contributed by atoms with van der Waals surface area (Å²) >= 11 is 0. The second-order valence-corrected chi connectivity index (χ2v) is 7.53. The van der Waals surface area contributed by atoms with Crippen LogP contribution < -0.4 is 0 Å². The number of unbranched alkanes of at least 4 members (excludes halogenated alkanes) is 3. The fraction of sp³-hybridized carbons (Fsp3) is 0.391. The number of methoxy groups -OCH3 is 1. The average molecular weight is 458 g/mol. The van der Waals surface area contributed by atoms with Gasteiger partial charge in [-0.15, -0.1) is 0 Å². The smallest absolute Gasteiger partial charge is 0.339 e. The van der Waals surface area contributed by atoms with Crippen LogP contribution in [0.15, 0.2) is 36.4 Å². The van der Waals surface area contributed by atoms with E-state index in [-0.39, 0.29) is 33.6 Å². The second kappa shape index (κ2) is 11.7. The van der Waals surface area contributed by atoms with Crippen LogP contribution in [0.5, 0.6) is 0 Å². The van der Waals surface area contributed by atoms with Crippen molar-refractivity contribution >= 4 is 23.3 Å². The first-order chi connectivity index (χ1) is 15.7. The van der Waals surface area contributed by atoms with Gasteiger partial charge in [0.15, 0.2) is 0 Å². The molecule has 0 radical (unpaired) electrons. The Hall–Kier alpha value is -3.82. The first-order valence-electron chi connectivity index (χ1n) is 10.6. The summed E-state index contributed by atoms with van der Waals surface area (Å²) in [5, 5.41) is 22.7. The van der Waals surface area contributed by atoms with Crippen molar-refractivity contribution in [1.29, 1.82) is 0 Å². The summed E-state index contributed by atoms with van der Waals surface area (Å²) in [6.45, 7) is 3.85. The summed E-state index contributed by atoms with van der Waals surface area (Å²) in [5.74, 6) is -1.56. The minimum absolute atomic E-state index is 0.0310. The number of ether oxygens (including phenoxy) is 2. The molecular formula is C23H26N2O8. The molecule has 2 aromatic rings. The molecular weight excluding hydrogens is 432 g/mol. The Morgan fingerprint density at radius 2 is 1.39 bits per heavy atom. The molecule has 0 aromatic heterocycles. The van der Waals surface area contributed by atoms with Crippen LogP contribution in [-0.4, -0.2) is 35.0 Å². The Kier molecular flexibility index (Phi) is 9.02. The van der Waals surface area contributed by atoms with Crippen LogP contribution in [0, 0.1) is 20.2 Å². The fourth-order valence-electron chi connectivity index (χ4n) is 3.37. The summed E-state index contributed by atoms with van der Waals surface area (Å²) in [7, 11) is 1.14. The van der Waals surface area contributed by atoms with E-state index in [0.717, 1.165) is 57.1 Å². The number of rotatable bonds is 11. The zero-order valence-electron chi connectivity index (χ0n) is 18.7. The summed E-state index contributed by atoms with van der Waals surface area (Å²) in [4.78, 5) is 46.6. The van der Waals surface area contributed by atoms with E-state index in [4.69, 9.17) is 9.47 Å². The lowest BCUT2D eigenvalue weighted by molar-refractivity contribution is -0.385. The van der Waals surface area contributed by atoms with Gasteiger partial charge in [-0.3, -0.25) is 20.2 Å². The van der Waals surface area contributed by atoms with Crippen LogP contribution in [0.3, 0.4) is 0 Å². The van der Waals surface area contributed by atoms with Crippen LogP contribution >= 0.6 is 0 Å². The number of carbonyl (C=O) groups is 2. The molecule has 10 heteroatoms. The van der Waals surface area contributed by atoms with Crippen molar-refractivity contribution in [3.05, 3.63) is 67.8 Å². The summed E-state index contributed by atoms with van der Waals surface area (Å²) < 4.78 is 10.3. The van der Waals surface area contributed by atoms with Crippen molar-refractivity contribution in [1.82, 2.24) is 0 Å². The van der Waals surface area contributed by atoms with Gasteiger partial charge in [-0.25, -0.2) is 9.59 Å². The quantitative estimate of drug-likeness (QED) is 0.187. The summed E-state index contributed by atoms with van der Waals surface area (Å²) in [6.07, 6.45) is 4.30. The van der Waals surface area contributed by atoms with Gasteiger partial charge in [0, 0.05) is 35.4 Å². The molecule has 0 saturated heterocycles. The third kappa shape index (κ3) is 6.58. The maximum absolute atomic E-state index is 12.9. The van der Waals surface area contributed by atoms with E-state index in [1.54, 1.807) is 6.92 Å². The second-order valence-electron chi connectivity index (χ2n) is 7.53. The number of carbonyl (C=O) groups excluding carboxylic acids is 2. The molecule has 0 fully saturated rings. The molecule has 0 amide bonds. The summed E-state index contributed by atoms with van der Waals surface area (Å²) in [6, 6.07) is 6.83. The molecule has 0 saturated carbocycles. The van der Waals surface area contributed by atoms with Crippen molar-refractivity contribution in [2.24, 2.45) is 0 Å². The van der Waals surface area contributed by atoms with Gasteiger partial charge in [-0.2, -0.15) is 0 Å². The molecule has 0 aliphatic rings. The molecule has 1 atom stereocenters. The number of hydrogen-bond donors (Lipinski definition) is 0. The molecule has 0 aliphatic heterocycles. The monoisotopic (exact) mass is 458 g/mol. The Labute approximate surface area is 190 Å². The average Bonchev–Trinajstić information content (AvgIpc) is 2.80. The molecule has 0 aliphatic carbocycles. The van der Waals surface area contributed by atoms with Gasteiger partial charge in [0.1, 0.15) is 0 Å². The highest BCUT2D eigenvalue weighted by Gasteiger charge is 2.25. The topological polar surface area (TPSA) is 139 Å². The highest BCUT2D eigenvalue weighted by Crippen LogP contribution is 2.34. The van der Waals surface area contributed by atoms with Gasteiger partial charge in [0.05, 0.1) is 34.2 Å². The van der Waals surface area contributed by atoms with Gasteiger partial charge in [-0.05, 0) is 31.9 Å². The normalized spacial score (nSPS) is 11.5.